The minimum atomic E-state index is -0.698. The number of carbonyl (C=O) groups excluding carboxylic acids is 1. The third kappa shape index (κ3) is 9.04. The highest BCUT2D eigenvalue weighted by Gasteiger charge is 2.11. The van der Waals surface area contributed by atoms with Crippen LogP contribution in [0.25, 0.3) is 0 Å². The Labute approximate surface area is 208 Å². The van der Waals surface area contributed by atoms with Gasteiger partial charge in [0.25, 0.3) is 5.91 Å². The number of aliphatic hydroxyl groups is 1. The molecule has 7 nitrogen and oxygen atoms in total. The quantitative estimate of drug-likeness (QED) is 0.251. The summed E-state index contributed by atoms with van der Waals surface area (Å²) >= 11 is 0. The Morgan fingerprint density at radius 3 is 2.41 bits per heavy atom. The molecule has 0 heterocycles. The molecule has 0 aliphatic carbocycles. The van der Waals surface area contributed by atoms with Crippen LogP contribution in [0.1, 0.15) is 48.4 Å². The second-order valence-electron chi connectivity index (χ2n) is 7.73. The first kappa shape index (κ1) is 27.7. The Morgan fingerprint density at radius 2 is 1.81 bits per heavy atom. The minimum absolute atomic E-state index is 0. The van der Waals surface area contributed by atoms with E-state index in [-0.39, 0.29) is 36.0 Å². The fourth-order valence-electron chi connectivity index (χ4n) is 2.90. The maximum Gasteiger partial charge on any atom is 0.253 e. The predicted octanol–water partition coefficient (Wildman–Crippen LogP) is 3.58. The van der Waals surface area contributed by atoms with Crippen molar-refractivity contribution >= 4 is 35.8 Å². The lowest BCUT2D eigenvalue weighted by atomic mass is 10.1. The Morgan fingerprint density at radius 1 is 1.12 bits per heavy atom. The maximum atomic E-state index is 12.0. The summed E-state index contributed by atoms with van der Waals surface area (Å²) in [7, 11) is 3.47. The van der Waals surface area contributed by atoms with Crippen molar-refractivity contribution in [3.05, 3.63) is 65.2 Å². The molecule has 32 heavy (non-hydrogen) atoms. The van der Waals surface area contributed by atoms with Gasteiger partial charge in [0.05, 0.1) is 18.8 Å². The molecular formula is C24H35IN4O3. The Hall–Kier alpha value is -2.33. The van der Waals surface area contributed by atoms with Crippen LogP contribution in [0.4, 0.5) is 0 Å². The van der Waals surface area contributed by atoms with Gasteiger partial charge in [0.1, 0.15) is 5.75 Å². The molecule has 3 N–H and O–H groups in total. The van der Waals surface area contributed by atoms with E-state index in [9.17, 15) is 9.90 Å². The molecule has 8 heteroatoms. The van der Waals surface area contributed by atoms with E-state index in [4.69, 9.17) is 4.74 Å². The van der Waals surface area contributed by atoms with E-state index in [2.05, 4.69) is 15.6 Å². The second kappa shape index (κ2) is 13.9. The largest absolute Gasteiger partial charge is 0.491 e. The van der Waals surface area contributed by atoms with Crippen LogP contribution in [-0.2, 0) is 6.54 Å². The molecule has 0 saturated carbocycles. The highest BCUT2D eigenvalue weighted by Crippen LogP contribution is 2.20. The van der Waals surface area contributed by atoms with E-state index in [1.165, 1.54) is 0 Å². The standard InChI is InChI=1S/C24H34N4O3.HI/c1-6-25-24(26-15-18-10-12-19(13-11-18)23(30)28(4)5)27-16-22(29)20-8-7-9-21(14-20)31-17(2)3;/h7-14,17,22,29H,6,15-16H2,1-5H3,(H2,25,26,27);1H. The van der Waals surface area contributed by atoms with Gasteiger partial charge in [-0.3, -0.25) is 4.79 Å². The normalized spacial score (nSPS) is 12.0. The first-order valence-corrected chi connectivity index (χ1v) is 10.6. The van der Waals surface area contributed by atoms with Gasteiger partial charge in [-0.2, -0.15) is 0 Å². The van der Waals surface area contributed by atoms with Gasteiger partial charge in [-0.25, -0.2) is 4.99 Å². The van der Waals surface area contributed by atoms with Crippen LogP contribution < -0.4 is 15.4 Å². The fourth-order valence-corrected chi connectivity index (χ4v) is 2.90. The van der Waals surface area contributed by atoms with Crippen LogP contribution in [-0.4, -0.2) is 55.2 Å². The number of amides is 1. The fraction of sp³-hybridized carbons (Fsp3) is 0.417. The Balaban J connectivity index is 0.00000512. The van der Waals surface area contributed by atoms with Crippen LogP contribution in [0.3, 0.4) is 0 Å². The average Bonchev–Trinajstić information content (AvgIpc) is 2.75. The van der Waals surface area contributed by atoms with Crippen molar-refractivity contribution in [1.82, 2.24) is 15.5 Å². The summed E-state index contributed by atoms with van der Waals surface area (Å²) in [6.45, 7) is 7.40. The number of guanidine groups is 1. The summed E-state index contributed by atoms with van der Waals surface area (Å²) in [6.07, 6.45) is -0.621. The van der Waals surface area contributed by atoms with Crippen molar-refractivity contribution in [3.63, 3.8) is 0 Å². The highest BCUT2D eigenvalue weighted by molar-refractivity contribution is 14.0. The zero-order chi connectivity index (χ0) is 22.8. The number of ether oxygens (including phenoxy) is 1. The lowest BCUT2D eigenvalue weighted by Gasteiger charge is -2.17. The molecule has 2 aromatic rings. The number of carbonyl (C=O) groups is 1. The average molecular weight is 554 g/mol. The van der Waals surface area contributed by atoms with Crippen molar-refractivity contribution in [2.45, 2.75) is 39.5 Å². The molecule has 176 valence electrons. The van der Waals surface area contributed by atoms with E-state index >= 15 is 0 Å². The van der Waals surface area contributed by atoms with E-state index in [1.807, 2.05) is 69.3 Å². The molecule has 0 fully saturated rings. The van der Waals surface area contributed by atoms with Crippen LogP contribution in [0.5, 0.6) is 5.75 Å². The molecule has 1 amide bonds. The molecule has 1 unspecified atom stereocenters. The smallest absolute Gasteiger partial charge is 0.253 e. The third-order valence-electron chi connectivity index (χ3n) is 4.45. The van der Waals surface area contributed by atoms with Gasteiger partial charge in [0, 0.05) is 32.7 Å². The third-order valence-corrected chi connectivity index (χ3v) is 4.45. The zero-order valence-electron chi connectivity index (χ0n) is 19.5. The monoisotopic (exact) mass is 554 g/mol. The van der Waals surface area contributed by atoms with E-state index in [0.29, 0.717) is 31.2 Å². The highest BCUT2D eigenvalue weighted by atomic mass is 127. The first-order valence-electron chi connectivity index (χ1n) is 10.6. The SMILES string of the molecule is CCNC(=NCc1ccc(C(=O)N(C)C)cc1)NCC(O)c1cccc(OC(C)C)c1.I. The molecule has 0 radical (unpaired) electrons. The number of nitrogens with zero attached hydrogens (tertiary/aromatic N) is 2. The molecule has 0 aromatic heterocycles. The molecule has 0 saturated heterocycles. The zero-order valence-corrected chi connectivity index (χ0v) is 21.8. The predicted molar refractivity (Wildman–Crippen MR) is 140 cm³/mol. The number of benzene rings is 2. The van der Waals surface area contributed by atoms with E-state index in [0.717, 1.165) is 16.9 Å². The molecule has 2 rings (SSSR count). The molecule has 0 bridgehead atoms. The maximum absolute atomic E-state index is 12.0. The second-order valence-corrected chi connectivity index (χ2v) is 7.73. The van der Waals surface area contributed by atoms with Crippen LogP contribution in [0, 0.1) is 0 Å². The molecule has 2 aromatic carbocycles. The minimum Gasteiger partial charge on any atom is -0.491 e. The van der Waals surface area contributed by atoms with Gasteiger partial charge in [-0.05, 0) is 56.2 Å². The van der Waals surface area contributed by atoms with Crippen molar-refractivity contribution in [2.75, 3.05) is 27.2 Å². The van der Waals surface area contributed by atoms with Crippen molar-refractivity contribution < 1.29 is 14.6 Å². The van der Waals surface area contributed by atoms with Crippen molar-refractivity contribution in [3.8, 4) is 5.75 Å². The van der Waals surface area contributed by atoms with Crippen LogP contribution in [0.2, 0.25) is 0 Å². The van der Waals surface area contributed by atoms with Crippen molar-refractivity contribution in [2.24, 2.45) is 4.99 Å². The summed E-state index contributed by atoms with van der Waals surface area (Å²) in [5, 5.41) is 16.9. The van der Waals surface area contributed by atoms with Gasteiger partial charge in [0.2, 0.25) is 0 Å². The number of hydrogen-bond donors (Lipinski definition) is 3. The Kier molecular flexibility index (Phi) is 12.1. The van der Waals surface area contributed by atoms with Crippen LogP contribution >= 0.6 is 24.0 Å². The summed E-state index contributed by atoms with van der Waals surface area (Å²) in [5.41, 5.74) is 2.42. The number of aliphatic imine (C=N–C) groups is 1. The number of hydrogen-bond acceptors (Lipinski definition) is 4. The van der Waals surface area contributed by atoms with E-state index < -0.39 is 6.10 Å². The molecule has 0 aliphatic heterocycles. The number of rotatable bonds is 9. The molecule has 0 aliphatic rings. The van der Waals surface area contributed by atoms with Crippen molar-refractivity contribution in [1.29, 1.82) is 0 Å². The summed E-state index contributed by atoms with van der Waals surface area (Å²) in [4.78, 5) is 18.1. The van der Waals surface area contributed by atoms with Gasteiger partial charge >= 0.3 is 0 Å². The molecule has 1 atom stereocenters. The molecule has 0 spiro atoms. The van der Waals surface area contributed by atoms with Crippen LogP contribution in [0.15, 0.2) is 53.5 Å². The van der Waals surface area contributed by atoms with Gasteiger partial charge in [-0.1, -0.05) is 24.3 Å². The lowest BCUT2D eigenvalue weighted by Crippen LogP contribution is -2.39. The number of aliphatic hydroxyl groups excluding tert-OH is 1. The van der Waals surface area contributed by atoms with Gasteiger partial charge in [-0.15, -0.1) is 24.0 Å². The van der Waals surface area contributed by atoms with Gasteiger partial charge < -0.3 is 25.4 Å². The molecular weight excluding hydrogens is 519 g/mol. The Bertz CT molecular complexity index is 870. The summed E-state index contributed by atoms with van der Waals surface area (Å²) < 4.78 is 5.70. The number of nitrogens with one attached hydrogen (secondary N) is 2. The summed E-state index contributed by atoms with van der Waals surface area (Å²) in [5.74, 6) is 1.33. The summed E-state index contributed by atoms with van der Waals surface area (Å²) in [6, 6.07) is 14.9. The lowest BCUT2D eigenvalue weighted by molar-refractivity contribution is 0.0827. The van der Waals surface area contributed by atoms with E-state index in [1.54, 1.807) is 19.0 Å². The topological polar surface area (TPSA) is 86.2 Å². The van der Waals surface area contributed by atoms with Gasteiger partial charge in [0.15, 0.2) is 5.96 Å². The first-order chi connectivity index (χ1) is 14.8. The number of halogens is 1.